The lowest BCUT2D eigenvalue weighted by Gasteiger charge is -2.24. The molecule has 1 unspecified atom stereocenters. The summed E-state index contributed by atoms with van der Waals surface area (Å²) in [5.41, 5.74) is 5.07. The number of imide groups is 1. The molecule has 0 radical (unpaired) electrons. The fourth-order valence-corrected chi connectivity index (χ4v) is 1.83. The lowest BCUT2D eigenvalue weighted by molar-refractivity contribution is -0.123. The lowest BCUT2D eigenvalue weighted by atomic mass is 9.90. The highest BCUT2D eigenvalue weighted by Crippen LogP contribution is 2.25. The first kappa shape index (κ1) is 11.4. The number of hydrogen-bond donors (Lipinski definition) is 3. The predicted octanol–water partition coefficient (Wildman–Crippen LogP) is -0.311. The number of ether oxygens (including phenoxy) is 1. The third-order valence-electron chi connectivity index (χ3n) is 2.83. The van der Waals surface area contributed by atoms with Gasteiger partial charge in [-0.15, -0.1) is 0 Å². The number of benzene rings is 1. The Hall–Kier alpha value is -2.08. The maximum atomic E-state index is 11.8. The van der Waals surface area contributed by atoms with E-state index in [-0.39, 0.29) is 6.54 Å². The Morgan fingerprint density at radius 3 is 2.35 bits per heavy atom. The Bertz CT molecular complexity index is 458. The van der Waals surface area contributed by atoms with Crippen molar-refractivity contribution in [3.63, 3.8) is 0 Å². The molecule has 0 aliphatic carbocycles. The van der Waals surface area contributed by atoms with E-state index in [1.54, 1.807) is 31.4 Å². The van der Waals surface area contributed by atoms with Gasteiger partial charge >= 0.3 is 6.03 Å². The van der Waals surface area contributed by atoms with E-state index in [4.69, 9.17) is 10.5 Å². The first-order valence-corrected chi connectivity index (χ1v) is 5.10. The smallest absolute Gasteiger partial charge is 0.322 e. The van der Waals surface area contributed by atoms with Gasteiger partial charge in [0.25, 0.3) is 5.91 Å². The van der Waals surface area contributed by atoms with Crippen molar-refractivity contribution in [3.8, 4) is 5.75 Å². The maximum Gasteiger partial charge on any atom is 0.322 e. The molecule has 90 valence electrons. The number of hydrogen-bond acceptors (Lipinski definition) is 4. The number of carbonyl (C=O) groups excluding carboxylic acids is 2. The molecule has 1 heterocycles. The molecule has 0 spiro atoms. The van der Waals surface area contributed by atoms with Gasteiger partial charge in [-0.3, -0.25) is 10.1 Å². The normalized spacial score (nSPS) is 23.2. The van der Waals surface area contributed by atoms with Crippen LogP contribution in [0.5, 0.6) is 5.75 Å². The standard InChI is InChI=1S/C11H13N3O3/c1-17-8-4-2-7(3-5-8)11(6-12)9(15)13-10(16)14-11/h2-5H,6,12H2,1H3,(H2,13,14,15,16). The van der Waals surface area contributed by atoms with E-state index in [2.05, 4.69) is 10.6 Å². The van der Waals surface area contributed by atoms with Crippen molar-refractivity contribution in [1.82, 2.24) is 10.6 Å². The molecule has 0 saturated carbocycles. The van der Waals surface area contributed by atoms with Gasteiger partial charge in [0.15, 0.2) is 5.54 Å². The van der Waals surface area contributed by atoms with Crippen LogP contribution in [0.25, 0.3) is 0 Å². The molecule has 17 heavy (non-hydrogen) atoms. The van der Waals surface area contributed by atoms with Gasteiger partial charge in [0.1, 0.15) is 5.75 Å². The fourth-order valence-electron chi connectivity index (χ4n) is 1.83. The topological polar surface area (TPSA) is 93.4 Å². The minimum absolute atomic E-state index is 0.00307. The van der Waals surface area contributed by atoms with Crippen LogP contribution in [0.2, 0.25) is 0 Å². The molecule has 3 amide bonds. The van der Waals surface area contributed by atoms with Crippen LogP contribution < -0.4 is 21.1 Å². The highest BCUT2D eigenvalue weighted by molar-refractivity contribution is 6.07. The summed E-state index contributed by atoms with van der Waals surface area (Å²) in [7, 11) is 1.55. The van der Waals surface area contributed by atoms with Crippen LogP contribution in [-0.4, -0.2) is 25.6 Å². The molecular weight excluding hydrogens is 222 g/mol. The van der Waals surface area contributed by atoms with Crippen LogP contribution in [0, 0.1) is 0 Å². The molecule has 1 fully saturated rings. The Labute approximate surface area is 98.1 Å². The van der Waals surface area contributed by atoms with E-state index in [1.807, 2.05) is 0 Å². The largest absolute Gasteiger partial charge is 0.497 e. The molecule has 6 nitrogen and oxygen atoms in total. The fraction of sp³-hybridized carbons (Fsp3) is 0.273. The van der Waals surface area contributed by atoms with Gasteiger partial charge in [-0.05, 0) is 17.7 Å². The van der Waals surface area contributed by atoms with E-state index in [0.717, 1.165) is 0 Å². The molecule has 1 saturated heterocycles. The van der Waals surface area contributed by atoms with Gasteiger partial charge in [0, 0.05) is 6.54 Å². The molecule has 1 aromatic rings. The number of rotatable bonds is 3. The molecule has 6 heteroatoms. The monoisotopic (exact) mass is 235 g/mol. The van der Waals surface area contributed by atoms with Gasteiger partial charge in [-0.1, -0.05) is 12.1 Å². The number of nitrogens with one attached hydrogen (secondary N) is 2. The summed E-state index contributed by atoms with van der Waals surface area (Å²) < 4.78 is 5.03. The Kier molecular flexibility index (Phi) is 2.72. The van der Waals surface area contributed by atoms with Crippen molar-refractivity contribution in [3.05, 3.63) is 29.8 Å². The van der Waals surface area contributed by atoms with Crippen LogP contribution in [0.15, 0.2) is 24.3 Å². The van der Waals surface area contributed by atoms with Crippen LogP contribution in [0.4, 0.5) is 4.79 Å². The average molecular weight is 235 g/mol. The molecule has 0 aromatic heterocycles. The average Bonchev–Trinajstić information content (AvgIpc) is 2.65. The molecule has 1 atom stereocenters. The van der Waals surface area contributed by atoms with Gasteiger partial charge in [0.05, 0.1) is 7.11 Å². The van der Waals surface area contributed by atoms with Crippen molar-refractivity contribution >= 4 is 11.9 Å². The summed E-state index contributed by atoms with van der Waals surface area (Å²) in [6.07, 6.45) is 0. The van der Waals surface area contributed by atoms with E-state index in [1.165, 1.54) is 0 Å². The second kappa shape index (κ2) is 4.06. The summed E-state index contributed by atoms with van der Waals surface area (Å²) in [5.74, 6) is 0.237. The van der Waals surface area contributed by atoms with Crippen LogP contribution in [-0.2, 0) is 10.3 Å². The van der Waals surface area contributed by atoms with Crippen molar-refractivity contribution in [2.45, 2.75) is 5.54 Å². The van der Waals surface area contributed by atoms with Gasteiger partial charge in [-0.2, -0.15) is 0 Å². The summed E-state index contributed by atoms with van der Waals surface area (Å²) in [5, 5.41) is 4.74. The SMILES string of the molecule is COc1ccc(C2(CN)NC(=O)NC2=O)cc1. The van der Waals surface area contributed by atoms with E-state index >= 15 is 0 Å². The minimum atomic E-state index is -1.18. The number of methoxy groups -OCH3 is 1. The van der Waals surface area contributed by atoms with Crippen LogP contribution in [0.1, 0.15) is 5.56 Å². The van der Waals surface area contributed by atoms with Crippen molar-refractivity contribution in [1.29, 1.82) is 0 Å². The van der Waals surface area contributed by atoms with E-state index in [9.17, 15) is 9.59 Å². The maximum absolute atomic E-state index is 11.8. The summed E-state index contributed by atoms with van der Waals surface area (Å²) in [6, 6.07) is 6.30. The Morgan fingerprint density at radius 2 is 1.94 bits per heavy atom. The lowest BCUT2D eigenvalue weighted by Crippen LogP contribution is -2.49. The third kappa shape index (κ3) is 1.72. The number of amides is 3. The zero-order valence-corrected chi connectivity index (χ0v) is 9.32. The van der Waals surface area contributed by atoms with Gasteiger partial charge in [-0.25, -0.2) is 4.79 Å². The van der Waals surface area contributed by atoms with Gasteiger partial charge in [0.2, 0.25) is 0 Å². The van der Waals surface area contributed by atoms with E-state index in [0.29, 0.717) is 11.3 Å². The zero-order chi connectivity index (χ0) is 12.5. The van der Waals surface area contributed by atoms with Crippen molar-refractivity contribution in [2.75, 3.05) is 13.7 Å². The van der Waals surface area contributed by atoms with Gasteiger partial charge < -0.3 is 15.8 Å². The van der Waals surface area contributed by atoms with Crippen LogP contribution in [0.3, 0.4) is 0 Å². The predicted molar refractivity (Wildman–Crippen MR) is 60.4 cm³/mol. The first-order chi connectivity index (χ1) is 8.12. The quantitative estimate of drug-likeness (QED) is 0.626. The van der Waals surface area contributed by atoms with Crippen molar-refractivity contribution in [2.24, 2.45) is 5.73 Å². The molecule has 1 aromatic carbocycles. The molecule has 4 N–H and O–H groups in total. The number of urea groups is 1. The number of carbonyl (C=O) groups is 2. The number of nitrogens with two attached hydrogens (primary N) is 1. The summed E-state index contributed by atoms with van der Waals surface area (Å²) in [6.45, 7) is -0.00307. The highest BCUT2D eigenvalue weighted by atomic mass is 16.5. The second-order valence-corrected chi connectivity index (χ2v) is 3.75. The van der Waals surface area contributed by atoms with E-state index < -0.39 is 17.5 Å². The molecular formula is C11H13N3O3. The first-order valence-electron chi connectivity index (χ1n) is 5.10. The molecule has 2 rings (SSSR count). The Morgan fingerprint density at radius 1 is 1.29 bits per heavy atom. The zero-order valence-electron chi connectivity index (χ0n) is 9.32. The third-order valence-corrected chi connectivity index (χ3v) is 2.83. The Balaban J connectivity index is 2.41. The van der Waals surface area contributed by atoms with Crippen molar-refractivity contribution < 1.29 is 14.3 Å². The highest BCUT2D eigenvalue weighted by Gasteiger charge is 2.46. The molecule has 1 aliphatic heterocycles. The van der Waals surface area contributed by atoms with Crippen LogP contribution >= 0.6 is 0 Å². The molecule has 1 aliphatic rings. The second-order valence-electron chi connectivity index (χ2n) is 3.75. The summed E-state index contributed by atoms with van der Waals surface area (Å²) >= 11 is 0. The summed E-state index contributed by atoms with van der Waals surface area (Å²) in [4.78, 5) is 23.0. The minimum Gasteiger partial charge on any atom is -0.497 e. The molecule has 0 bridgehead atoms.